The first-order valence-corrected chi connectivity index (χ1v) is 10.9. The summed E-state index contributed by atoms with van der Waals surface area (Å²) in [6.07, 6.45) is 1.55. The van der Waals surface area contributed by atoms with Crippen molar-refractivity contribution in [3.8, 4) is 5.69 Å². The number of piperazine rings is 1. The maximum atomic E-state index is 13.3. The van der Waals surface area contributed by atoms with Gasteiger partial charge < -0.3 is 9.80 Å². The van der Waals surface area contributed by atoms with Crippen LogP contribution in [0.15, 0.2) is 79.1 Å². The number of anilines is 1. The number of hydrogen-bond acceptors (Lipinski definition) is 6. The Hall–Kier alpha value is -4.33. The molecule has 1 saturated heterocycles. The van der Waals surface area contributed by atoms with Crippen molar-refractivity contribution < 1.29 is 4.79 Å². The monoisotopic (exact) mass is 435 g/mol. The largest absolute Gasteiger partial charge is 0.351 e. The Kier molecular flexibility index (Phi) is 4.68. The fourth-order valence-electron chi connectivity index (χ4n) is 4.41. The number of benzene rings is 3. The molecule has 0 radical (unpaired) electrons. The highest BCUT2D eigenvalue weighted by molar-refractivity contribution is 6.07. The fourth-order valence-corrected chi connectivity index (χ4v) is 4.41. The molecule has 0 unspecified atom stereocenters. The lowest BCUT2D eigenvalue weighted by atomic mass is 10.0. The summed E-state index contributed by atoms with van der Waals surface area (Å²) in [5.41, 5.74) is 2.97. The number of carbonyl (C=O) groups is 1. The number of hydrogen-bond donors (Lipinski definition) is 0. The number of fused-ring (bicyclic) bond motifs is 2. The van der Waals surface area contributed by atoms with E-state index in [1.807, 2.05) is 77.7 Å². The molecular weight excluding hydrogens is 414 g/mol. The Bertz CT molecular complexity index is 1450. The third-order valence-corrected chi connectivity index (χ3v) is 6.11. The zero-order valence-corrected chi connectivity index (χ0v) is 17.9. The summed E-state index contributed by atoms with van der Waals surface area (Å²) in [6, 6.07) is 23.7. The standard InChI is InChI=1S/C25H21N7O/c33-25(21-12-6-8-18-7-4-5-11-20(18)21)31-15-13-30(14-16-31)23-22-24(27-17-26-23)32(29-28-22)19-9-2-1-3-10-19/h1-12,17H,13-16H2. The van der Waals surface area contributed by atoms with E-state index in [4.69, 9.17) is 0 Å². The lowest BCUT2D eigenvalue weighted by molar-refractivity contribution is 0.0748. The van der Waals surface area contributed by atoms with Gasteiger partial charge in [0.05, 0.1) is 5.69 Å². The van der Waals surface area contributed by atoms with Crippen LogP contribution in [-0.4, -0.2) is 61.9 Å². The van der Waals surface area contributed by atoms with E-state index in [2.05, 4.69) is 25.2 Å². The predicted molar refractivity (Wildman–Crippen MR) is 127 cm³/mol. The van der Waals surface area contributed by atoms with Gasteiger partial charge in [-0.05, 0) is 29.0 Å². The van der Waals surface area contributed by atoms with Gasteiger partial charge in [-0.1, -0.05) is 59.8 Å². The van der Waals surface area contributed by atoms with Crippen LogP contribution >= 0.6 is 0 Å². The third kappa shape index (κ3) is 3.36. The molecule has 3 heterocycles. The molecular formula is C25H21N7O. The quantitative estimate of drug-likeness (QED) is 0.433. The Morgan fingerprint density at radius 1 is 0.788 bits per heavy atom. The van der Waals surface area contributed by atoms with Crippen LogP contribution in [-0.2, 0) is 0 Å². The SMILES string of the molecule is O=C(c1cccc2ccccc12)N1CCN(c2ncnc3c2nnn3-c2ccccc2)CC1. The van der Waals surface area contributed by atoms with Crippen LogP contribution in [0, 0.1) is 0 Å². The van der Waals surface area contributed by atoms with Crippen molar-refractivity contribution in [2.75, 3.05) is 31.1 Å². The van der Waals surface area contributed by atoms with Gasteiger partial charge in [0.2, 0.25) is 0 Å². The molecule has 0 spiro atoms. The maximum absolute atomic E-state index is 13.3. The van der Waals surface area contributed by atoms with Crippen molar-refractivity contribution >= 4 is 33.7 Å². The minimum Gasteiger partial charge on any atom is -0.351 e. The molecule has 0 aliphatic carbocycles. The van der Waals surface area contributed by atoms with Crippen molar-refractivity contribution in [3.63, 3.8) is 0 Å². The molecule has 0 atom stereocenters. The van der Waals surface area contributed by atoms with Gasteiger partial charge in [0.1, 0.15) is 6.33 Å². The van der Waals surface area contributed by atoms with E-state index in [1.165, 1.54) is 0 Å². The molecule has 1 aliphatic rings. The summed E-state index contributed by atoms with van der Waals surface area (Å²) in [5, 5.41) is 10.7. The van der Waals surface area contributed by atoms with Gasteiger partial charge in [0.25, 0.3) is 5.91 Å². The smallest absolute Gasteiger partial charge is 0.254 e. The van der Waals surface area contributed by atoms with Crippen LogP contribution in [0.4, 0.5) is 5.82 Å². The predicted octanol–water partition coefficient (Wildman–Crippen LogP) is 3.33. The summed E-state index contributed by atoms with van der Waals surface area (Å²) < 4.78 is 1.72. The van der Waals surface area contributed by atoms with E-state index in [9.17, 15) is 4.79 Å². The Morgan fingerprint density at radius 3 is 2.39 bits per heavy atom. The van der Waals surface area contributed by atoms with Crippen molar-refractivity contribution in [1.29, 1.82) is 0 Å². The zero-order valence-electron chi connectivity index (χ0n) is 17.9. The highest BCUT2D eigenvalue weighted by atomic mass is 16.2. The van der Waals surface area contributed by atoms with E-state index in [0.29, 0.717) is 37.3 Å². The number of amides is 1. The minimum absolute atomic E-state index is 0.0642. The van der Waals surface area contributed by atoms with E-state index in [0.717, 1.165) is 27.8 Å². The van der Waals surface area contributed by atoms with Crippen LogP contribution in [0.1, 0.15) is 10.4 Å². The second-order valence-electron chi connectivity index (χ2n) is 8.01. The lowest BCUT2D eigenvalue weighted by Crippen LogP contribution is -2.49. The van der Waals surface area contributed by atoms with Crippen LogP contribution in [0.2, 0.25) is 0 Å². The molecule has 8 nitrogen and oxygen atoms in total. The topological polar surface area (TPSA) is 80.0 Å². The molecule has 0 bridgehead atoms. The normalized spacial score (nSPS) is 14.2. The van der Waals surface area contributed by atoms with Crippen LogP contribution in [0.5, 0.6) is 0 Å². The summed E-state index contributed by atoms with van der Waals surface area (Å²) in [5.74, 6) is 0.814. The van der Waals surface area contributed by atoms with Crippen LogP contribution in [0.3, 0.4) is 0 Å². The number of aromatic nitrogens is 5. The highest BCUT2D eigenvalue weighted by Crippen LogP contribution is 2.25. The average molecular weight is 435 g/mol. The van der Waals surface area contributed by atoms with E-state index >= 15 is 0 Å². The third-order valence-electron chi connectivity index (χ3n) is 6.11. The first kappa shape index (κ1) is 19.4. The molecule has 8 heteroatoms. The van der Waals surface area contributed by atoms with Crippen molar-refractivity contribution in [2.45, 2.75) is 0 Å². The Balaban J connectivity index is 1.24. The summed E-state index contributed by atoms with van der Waals surface area (Å²) >= 11 is 0. The van der Waals surface area contributed by atoms with Gasteiger partial charge in [-0.15, -0.1) is 5.10 Å². The number of nitrogens with zero attached hydrogens (tertiary/aromatic N) is 7. The molecule has 1 amide bonds. The number of para-hydroxylation sites is 1. The Labute approximate surface area is 190 Å². The summed E-state index contributed by atoms with van der Waals surface area (Å²) in [4.78, 5) is 26.3. The zero-order chi connectivity index (χ0) is 22.2. The van der Waals surface area contributed by atoms with Gasteiger partial charge in [-0.25, -0.2) is 9.97 Å². The average Bonchev–Trinajstić information content (AvgIpc) is 3.33. The molecule has 5 aromatic rings. The number of carbonyl (C=O) groups excluding carboxylic acids is 1. The number of rotatable bonds is 3. The van der Waals surface area contributed by atoms with Crippen molar-refractivity contribution in [1.82, 2.24) is 29.9 Å². The molecule has 6 rings (SSSR count). The van der Waals surface area contributed by atoms with E-state index < -0.39 is 0 Å². The van der Waals surface area contributed by atoms with E-state index in [1.54, 1.807) is 11.0 Å². The Morgan fingerprint density at radius 2 is 1.55 bits per heavy atom. The molecule has 1 aliphatic heterocycles. The van der Waals surface area contributed by atoms with Crippen molar-refractivity contribution in [3.05, 3.63) is 84.7 Å². The van der Waals surface area contributed by atoms with Gasteiger partial charge in [-0.2, -0.15) is 4.68 Å². The molecule has 0 N–H and O–H groups in total. The first-order chi connectivity index (χ1) is 16.3. The van der Waals surface area contributed by atoms with Gasteiger partial charge >= 0.3 is 0 Å². The van der Waals surface area contributed by atoms with E-state index in [-0.39, 0.29) is 5.91 Å². The maximum Gasteiger partial charge on any atom is 0.254 e. The molecule has 162 valence electrons. The molecule has 33 heavy (non-hydrogen) atoms. The summed E-state index contributed by atoms with van der Waals surface area (Å²) in [6.45, 7) is 2.56. The minimum atomic E-state index is 0.0642. The molecule has 0 saturated carbocycles. The van der Waals surface area contributed by atoms with Crippen LogP contribution in [0.25, 0.3) is 27.6 Å². The molecule has 2 aromatic heterocycles. The van der Waals surface area contributed by atoms with Gasteiger partial charge in [0, 0.05) is 31.7 Å². The first-order valence-electron chi connectivity index (χ1n) is 10.9. The highest BCUT2D eigenvalue weighted by Gasteiger charge is 2.26. The molecule has 3 aromatic carbocycles. The van der Waals surface area contributed by atoms with Gasteiger partial charge in [0.15, 0.2) is 17.0 Å². The second kappa shape index (κ2) is 7.98. The van der Waals surface area contributed by atoms with Crippen molar-refractivity contribution in [2.24, 2.45) is 0 Å². The lowest BCUT2D eigenvalue weighted by Gasteiger charge is -2.35. The fraction of sp³-hybridized carbons (Fsp3) is 0.160. The van der Waals surface area contributed by atoms with Gasteiger partial charge in [-0.3, -0.25) is 4.79 Å². The molecule has 1 fully saturated rings. The summed E-state index contributed by atoms with van der Waals surface area (Å²) in [7, 11) is 0. The second-order valence-corrected chi connectivity index (χ2v) is 8.01. The van der Waals surface area contributed by atoms with Crippen LogP contribution < -0.4 is 4.90 Å².